The van der Waals surface area contributed by atoms with Crippen molar-refractivity contribution < 1.29 is 19.0 Å². The Kier molecular flexibility index (Phi) is 4.13. The van der Waals surface area contributed by atoms with Crippen LogP contribution in [0.4, 0.5) is 4.39 Å². The van der Waals surface area contributed by atoms with Gasteiger partial charge in [-0.2, -0.15) is 5.10 Å². The summed E-state index contributed by atoms with van der Waals surface area (Å²) >= 11 is 0. The van der Waals surface area contributed by atoms with Gasteiger partial charge in [0.05, 0.1) is 28.1 Å². The van der Waals surface area contributed by atoms with E-state index in [-0.39, 0.29) is 34.5 Å². The number of rotatable bonds is 6. The van der Waals surface area contributed by atoms with Crippen molar-refractivity contribution >= 4 is 5.91 Å². The molecular formula is C35H39FN6O4. The van der Waals surface area contributed by atoms with Crippen molar-refractivity contribution in [3.63, 3.8) is 0 Å². The first-order valence-electron chi connectivity index (χ1n) is 16.8. The lowest BCUT2D eigenvalue weighted by Crippen LogP contribution is -2.92. The van der Waals surface area contributed by atoms with Crippen LogP contribution in [0.2, 0.25) is 0 Å². The maximum Gasteiger partial charge on any atom is 0.334 e. The number of aliphatic hydroxyl groups is 1. The molecule has 7 fully saturated rings. The molecular weight excluding hydrogens is 587 g/mol. The minimum atomic E-state index is -1.13. The summed E-state index contributed by atoms with van der Waals surface area (Å²) in [6.07, 6.45) is 3.30. The second-order valence-corrected chi connectivity index (χ2v) is 16.8. The topological polar surface area (TPSA) is 107 Å². The van der Waals surface area contributed by atoms with E-state index in [1.54, 1.807) is 42.2 Å². The Morgan fingerprint density at radius 1 is 1.11 bits per heavy atom. The van der Waals surface area contributed by atoms with Gasteiger partial charge >= 0.3 is 5.69 Å². The van der Waals surface area contributed by atoms with Crippen LogP contribution in [0.25, 0.3) is 11.5 Å². The third-order valence-corrected chi connectivity index (χ3v) is 14.3. The van der Waals surface area contributed by atoms with Crippen LogP contribution in [0, 0.1) is 66.0 Å². The van der Waals surface area contributed by atoms with Crippen LogP contribution < -0.4 is 11.0 Å². The number of aryl methyl sites for hydroxylation is 2. The average molecular weight is 627 g/mol. The molecule has 2 spiro atoms. The van der Waals surface area contributed by atoms with E-state index < -0.39 is 12.0 Å². The summed E-state index contributed by atoms with van der Waals surface area (Å²) in [6.45, 7) is 13.4. The van der Waals surface area contributed by atoms with Gasteiger partial charge in [0.15, 0.2) is 0 Å². The monoisotopic (exact) mass is 626 g/mol. The number of carbonyl (C=O) groups is 1. The molecule has 11 heteroatoms. The molecule has 240 valence electrons. The van der Waals surface area contributed by atoms with E-state index in [4.69, 9.17) is 9.84 Å². The fourth-order valence-electron chi connectivity index (χ4n) is 14.1. The normalized spacial score (nSPS) is 44.2. The predicted molar refractivity (Wildman–Crippen MR) is 163 cm³/mol. The Bertz CT molecular complexity index is 2020. The molecule has 2 N–H and O–H groups in total. The number of ether oxygens (including phenoxy) is 1. The summed E-state index contributed by atoms with van der Waals surface area (Å²) < 4.78 is 26.3. The molecule has 2 aromatic heterocycles. The fourth-order valence-corrected chi connectivity index (χ4v) is 14.1. The standard InChI is InChI=1S/C35H39FN6O4/c1-14-12-18(13-15(2)21(14)36)42-26(20-16(3)39(9-8-19(20)38-42)30(45)46-31(5,6)7)40-10-11-41(29(40)44)35-24-22-32(24)27-33(28(32)35)23(25(33)35)34(22,27)37-17(4)43/h10-13,16,22-25,27-28,30,45H,8-9H2,1-7H3,(H,37,43)/t16-,22?,23?,24?,25?,27?,28?,30?,32?,33?,34?,35?/m0/s1. The van der Waals surface area contributed by atoms with Crippen molar-refractivity contribution in [1.29, 1.82) is 0 Å². The van der Waals surface area contributed by atoms with Gasteiger partial charge in [0.1, 0.15) is 11.6 Å². The maximum absolute atomic E-state index is 14.8. The van der Waals surface area contributed by atoms with Crippen molar-refractivity contribution in [2.45, 2.75) is 84.0 Å². The Labute approximate surface area is 265 Å². The largest absolute Gasteiger partial charge is 0.356 e. The van der Waals surface area contributed by atoms with E-state index in [0.717, 1.165) is 11.3 Å². The fraction of sp³-hybridized carbons (Fsp3) is 0.629. The summed E-state index contributed by atoms with van der Waals surface area (Å²) in [5, 5.41) is 19.6. The summed E-state index contributed by atoms with van der Waals surface area (Å²) in [5.74, 6) is 3.63. The molecule has 1 aromatic carbocycles. The van der Waals surface area contributed by atoms with E-state index in [0.29, 0.717) is 81.9 Å². The number of nitrogens with zero attached hydrogens (tertiary/aromatic N) is 5. The second kappa shape index (κ2) is 7.10. The first kappa shape index (κ1) is 26.8. The van der Waals surface area contributed by atoms with Crippen molar-refractivity contribution in [3.8, 4) is 11.5 Å². The molecule has 7 aliphatic carbocycles. The first-order chi connectivity index (χ1) is 21.7. The number of nitrogens with one attached hydrogen (secondary N) is 1. The quantitative estimate of drug-likeness (QED) is 0.408. The highest BCUT2D eigenvalue weighted by atomic mass is 19.1. The zero-order chi connectivity index (χ0) is 32.0. The Balaban J connectivity index is 1.04. The van der Waals surface area contributed by atoms with Crippen molar-refractivity contribution in [2.75, 3.05) is 6.54 Å². The number of carbonyl (C=O) groups excluding carboxylic acids is 1. The molecule has 8 aliphatic rings. The van der Waals surface area contributed by atoms with Gasteiger partial charge in [-0.05, 0) is 111 Å². The molecule has 10 nitrogen and oxygen atoms in total. The zero-order valence-electron chi connectivity index (χ0n) is 27.1. The zero-order valence-corrected chi connectivity index (χ0v) is 27.1. The van der Waals surface area contributed by atoms with E-state index >= 15 is 0 Å². The van der Waals surface area contributed by atoms with Gasteiger partial charge < -0.3 is 15.2 Å². The van der Waals surface area contributed by atoms with Crippen LogP contribution >= 0.6 is 0 Å². The van der Waals surface area contributed by atoms with Crippen molar-refractivity contribution in [1.82, 2.24) is 29.1 Å². The lowest BCUT2D eigenvalue weighted by molar-refractivity contribution is -0.389. The van der Waals surface area contributed by atoms with Crippen LogP contribution in [0.5, 0.6) is 0 Å². The Morgan fingerprint density at radius 3 is 2.37 bits per heavy atom. The second-order valence-electron chi connectivity index (χ2n) is 16.8. The summed E-state index contributed by atoms with van der Waals surface area (Å²) in [5.41, 5.74) is 3.44. The molecule has 46 heavy (non-hydrogen) atoms. The SMILES string of the molecule is CC(=O)NC12C3C4C35C1C13C2C1C4(n1ccn(-c2c4c(nn2-c2cc(C)c(F)c(C)c2)CCN(C(O)OC(C)(C)C)[C@H]4C)c1=O)C53. The molecule has 11 rings (SSSR count). The van der Waals surface area contributed by atoms with Gasteiger partial charge in [0, 0.05) is 43.9 Å². The highest BCUT2D eigenvalue weighted by molar-refractivity contribution is 5.84. The van der Waals surface area contributed by atoms with E-state index in [1.165, 1.54) is 0 Å². The molecule has 3 aromatic rings. The van der Waals surface area contributed by atoms with Crippen LogP contribution in [-0.2, 0) is 21.5 Å². The summed E-state index contributed by atoms with van der Waals surface area (Å²) in [7, 11) is 0. The maximum atomic E-state index is 14.8. The smallest absolute Gasteiger partial charge is 0.334 e. The molecule has 1 aliphatic heterocycles. The van der Waals surface area contributed by atoms with Crippen LogP contribution in [0.1, 0.15) is 63.0 Å². The van der Waals surface area contributed by atoms with Crippen LogP contribution in [0.3, 0.4) is 0 Å². The highest BCUT2D eigenvalue weighted by Gasteiger charge is 3.31. The number of hydrogen-bond donors (Lipinski definition) is 2. The molecule has 0 radical (unpaired) electrons. The van der Waals surface area contributed by atoms with Crippen molar-refractivity contribution in [2.24, 2.45) is 46.3 Å². The minimum Gasteiger partial charge on any atom is -0.356 e. The van der Waals surface area contributed by atoms with Gasteiger partial charge in [-0.3, -0.25) is 13.9 Å². The lowest BCUT2D eigenvalue weighted by Gasteiger charge is -2.86. The van der Waals surface area contributed by atoms with Crippen LogP contribution in [-0.4, -0.2) is 58.9 Å². The number of amides is 1. The first-order valence-corrected chi connectivity index (χ1v) is 16.8. The summed E-state index contributed by atoms with van der Waals surface area (Å²) in [6, 6.07) is 3.26. The Morgan fingerprint density at radius 2 is 1.76 bits per heavy atom. The third kappa shape index (κ3) is 2.20. The number of imidazole rings is 1. The number of hydrogen-bond acceptors (Lipinski definition) is 6. The predicted octanol–water partition coefficient (Wildman–Crippen LogP) is 2.93. The van der Waals surface area contributed by atoms with Crippen LogP contribution in [0.15, 0.2) is 29.3 Å². The molecule has 0 bridgehead atoms. The minimum absolute atomic E-state index is 0.00862. The van der Waals surface area contributed by atoms with Gasteiger partial charge in [-0.15, -0.1) is 0 Å². The van der Waals surface area contributed by atoms with Crippen molar-refractivity contribution in [3.05, 3.63) is 63.2 Å². The number of fused-ring (bicyclic) bond motifs is 7. The molecule has 7 saturated carbocycles. The van der Waals surface area contributed by atoms with Gasteiger partial charge in [0.25, 0.3) is 0 Å². The number of aliphatic hydroxyl groups excluding tert-OH is 1. The molecule has 8 atom stereocenters. The van der Waals surface area contributed by atoms with Gasteiger partial charge in [-0.25, -0.2) is 18.8 Å². The lowest BCUT2D eigenvalue weighted by atomic mass is 9.19. The van der Waals surface area contributed by atoms with E-state index in [1.807, 2.05) is 45.0 Å². The number of halogens is 1. The Hall–Kier alpha value is -3.28. The molecule has 0 saturated heterocycles. The molecule has 1 amide bonds. The number of aromatic nitrogens is 4. The molecule has 3 heterocycles. The third-order valence-electron chi connectivity index (χ3n) is 14.3. The van der Waals surface area contributed by atoms with Gasteiger partial charge in [0.2, 0.25) is 12.3 Å². The highest BCUT2D eigenvalue weighted by Crippen LogP contribution is 3.27. The van der Waals surface area contributed by atoms with E-state index in [9.17, 15) is 19.1 Å². The van der Waals surface area contributed by atoms with Gasteiger partial charge in [-0.1, -0.05) is 0 Å². The summed E-state index contributed by atoms with van der Waals surface area (Å²) in [4.78, 5) is 28.9. The van der Waals surface area contributed by atoms with E-state index in [2.05, 4.69) is 9.88 Å². The number of benzene rings is 1. The molecule has 7 unspecified atom stereocenters. The average Bonchev–Trinajstić information content (AvgIpc) is 3.72.